The van der Waals surface area contributed by atoms with Crippen LogP contribution in [0.5, 0.6) is 0 Å². The fraction of sp³-hybridized carbons (Fsp3) is 0.393. The second-order valence-corrected chi connectivity index (χ2v) is 12.5. The van der Waals surface area contributed by atoms with Gasteiger partial charge in [0.25, 0.3) is 5.56 Å². The first-order chi connectivity index (χ1) is 19.3. The van der Waals surface area contributed by atoms with E-state index in [1.165, 1.54) is 12.1 Å². The van der Waals surface area contributed by atoms with Crippen molar-refractivity contribution in [3.05, 3.63) is 64.1 Å². The van der Waals surface area contributed by atoms with Crippen LogP contribution >= 0.6 is 0 Å². The molecule has 0 aliphatic heterocycles. The van der Waals surface area contributed by atoms with Crippen molar-refractivity contribution in [2.75, 3.05) is 11.1 Å². The highest BCUT2D eigenvalue weighted by atomic mass is 32.2. The number of fused-ring (bicyclic) bond motifs is 1. The van der Waals surface area contributed by atoms with Crippen LogP contribution < -0.4 is 10.9 Å². The van der Waals surface area contributed by atoms with Gasteiger partial charge in [-0.2, -0.15) is 5.26 Å². The van der Waals surface area contributed by atoms with E-state index < -0.39 is 15.6 Å². The van der Waals surface area contributed by atoms with Crippen molar-refractivity contribution < 1.29 is 8.42 Å². The maximum absolute atomic E-state index is 13.8. The van der Waals surface area contributed by atoms with E-state index in [0.717, 1.165) is 48.2 Å². The van der Waals surface area contributed by atoms with Gasteiger partial charge in [0, 0.05) is 18.5 Å². The molecule has 0 amide bonds. The lowest BCUT2D eigenvalue weighted by molar-refractivity contribution is 0.482. The second-order valence-electron chi connectivity index (χ2n) is 10.5. The minimum absolute atomic E-state index is 0.0676. The van der Waals surface area contributed by atoms with Crippen molar-refractivity contribution in [2.45, 2.75) is 62.9 Å². The smallest absolute Gasteiger partial charge is 0.295 e. The van der Waals surface area contributed by atoms with Gasteiger partial charge in [-0.05, 0) is 63.1 Å². The molecule has 3 aromatic heterocycles. The largest absolute Gasteiger partial charge is 0.361 e. The molecule has 0 saturated heterocycles. The highest BCUT2D eigenvalue weighted by Gasteiger charge is 2.33. The maximum Gasteiger partial charge on any atom is 0.295 e. The van der Waals surface area contributed by atoms with Crippen molar-refractivity contribution in [3.8, 4) is 17.5 Å². The zero-order valence-corrected chi connectivity index (χ0v) is 23.0. The quantitative estimate of drug-likeness (QED) is 0.322. The maximum atomic E-state index is 13.8. The number of nitrogens with zero attached hydrogens (tertiary/aromatic N) is 7. The number of hydrogen-bond acceptors (Lipinski definition) is 10. The molecule has 2 saturated carbocycles. The van der Waals surface area contributed by atoms with Crippen molar-refractivity contribution in [3.63, 3.8) is 0 Å². The van der Waals surface area contributed by atoms with Gasteiger partial charge in [0.2, 0.25) is 0 Å². The third-order valence-corrected chi connectivity index (χ3v) is 9.09. The Kier molecular flexibility index (Phi) is 6.54. The normalized spacial score (nSPS) is 16.0. The number of benzene rings is 1. The van der Waals surface area contributed by atoms with Crippen LogP contribution in [0.25, 0.3) is 22.6 Å². The molecule has 0 spiro atoms. The molecule has 2 fully saturated rings. The molecule has 1 aromatic carbocycles. The van der Waals surface area contributed by atoms with E-state index in [4.69, 9.17) is 10.2 Å². The fourth-order valence-corrected chi connectivity index (χ4v) is 5.89. The van der Waals surface area contributed by atoms with E-state index in [-0.39, 0.29) is 28.9 Å². The molecule has 6 rings (SSSR count). The number of rotatable bonds is 9. The third-order valence-electron chi connectivity index (χ3n) is 7.59. The van der Waals surface area contributed by atoms with Gasteiger partial charge in [-0.15, -0.1) is 0 Å². The standard InChI is InChI=1S/C28H28N8O3S/c1-16-23(24(20-7-8-20)33-15-32-16)25-31-14-22-27(35-25)36(17(2)19-5-6-19)28(37)26(34-22)30-13-18-3-9-21(10-4-18)40(38,39)12-11-29/h3-4,9-10,14-15,17,19-20H,5-8,12-13H2,1-2H3,(H,30,34)/t17-/m0/s1. The summed E-state index contributed by atoms with van der Waals surface area (Å²) in [5.74, 6) is 0.871. The van der Waals surface area contributed by atoms with Gasteiger partial charge in [-0.3, -0.25) is 9.36 Å². The summed E-state index contributed by atoms with van der Waals surface area (Å²) in [5, 5.41) is 11.9. The number of hydrogen-bond donors (Lipinski definition) is 1. The lowest BCUT2D eigenvalue weighted by Crippen LogP contribution is -2.29. The van der Waals surface area contributed by atoms with Gasteiger partial charge >= 0.3 is 0 Å². The number of aromatic nitrogens is 6. The highest BCUT2D eigenvalue weighted by molar-refractivity contribution is 7.91. The molecule has 3 heterocycles. The third kappa shape index (κ3) is 4.93. The van der Waals surface area contributed by atoms with Gasteiger partial charge < -0.3 is 5.32 Å². The fourth-order valence-electron chi connectivity index (χ4n) is 5.01. The summed E-state index contributed by atoms with van der Waals surface area (Å²) in [6.07, 6.45) is 7.49. The van der Waals surface area contributed by atoms with Crippen molar-refractivity contribution in [2.24, 2.45) is 5.92 Å². The average Bonchev–Trinajstić information content (AvgIpc) is 3.85. The Bertz CT molecular complexity index is 1820. The molecule has 1 N–H and O–H groups in total. The van der Waals surface area contributed by atoms with Crippen molar-refractivity contribution >= 4 is 26.8 Å². The number of aryl methyl sites for hydroxylation is 1. The average molecular weight is 557 g/mol. The van der Waals surface area contributed by atoms with E-state index in [0.29, 0.717) is 28.8 Å². The van der Waals surface area contributed by atoms with Gasteiger partial charge in [-0.1, -0.05) is 12.1 Å². The molecular formula is C28H28N8O3S. The van der Waals surface area contributed by atoms with Crippen LogP contribution in [0.15, 0.2) is 46.5 Å². The number of nitrogens with one attached hydrogen (secondary N) is 1. The van der Waals surface area contributed by atoms with Crippen molar-refractivity contribution in [1.29, 1.82) is 5.26 Å². The Hall–Kier alpha value is -4.24. The molecule has 4 aromatic rings. The van der Waals surface area contributed by atoms with E-state index >= 15 is 0 Å². The first kappa shape index (κ1) is 26.0. The monoisotopic (exact) mass is 556 g/mol. The molecule has 0 bridgehead atoms. The summed E-state index contributed by atoms with van der Waals surface area (Å²) in [5.41, 5.74) is 4.06. The number of nitriles is 1. The zero-order chi connectivity index (χ0) is 28.0. The predicted molar refractivity (Wildman–Crippen MR) is 148 cm³/mol. The highest BCUT2D eigenvalue weighted by Crippen LogP contribution is 2.43. The lowest BCUT2D eigenvalue weighted by Gasteiger charge is -2.19. The van der Waals surface area contributed by atoms with Crippen molar-refractivity contribution in [1.82, 2.24) is 29.5 Å². The molecule has 0 unspecified atom stereocenters. The number of sulfone groups is 1. The topological polar surface area (TPSA) is 156 Å². The molecule has 2 aliphatic rings. The minimum Gasteiger partial charge on any atom is -0.361 e. The van der Waals surface area contributed by atoms with Crippen LogP contribution in [0.2, 0.25) is 0 Å². The van der Waals surface area contributed by atoms with Crippen LogP contribution in [0, 0.1) is 24.2 Å². The van der Waals surface area contributed by atoms with Crippen LogP contribution in [0.1, 0.15) is 61.5 Å². The lowest BCUT2D eigenvalue weighted by atomic mass is 10.1. The van der Waals surface area contributed by atoms with Gasteiger partial charge in [0.15, 0.2) is 27.1 Å². The predicted octanol–water partition coefficient (Wildman–Crippen LogP) is 3.71. The Morgan fingerprint density at radius 1 is 1.10 bits per heavy atom. The SMILES string of the molecule is Cc1ncnc(C2CC2)c1-c1ncc2nc(NCc3ccc(S(=O)(=O)CC#N)cc3)c(=O)n([C@@H](C)C3CC3)c2n1. The summed E-state index contributed by atoms with van der Waals surface area (Å²) in [4.78, 5) is 36.9. The summed E-state index contributed by atoms with van der Waals surface area (Å²) in [6.45, 7) is 4.22. The Morgan fingerprint density at radius 2 is 1.85 bits per heavy atom. The van der Waals surface area contributed by atoms with E-state index in [9.17, 15) is 13.2 Å². The van der Waals surface area contributed by atoms with E-state index in [1.54, 1.807) is 35.3 Å². The summed E-state index contributed by atoms with van der Waals surface area (Å²) in [7, 11) is -3.64. The molecule has 2 aliphatic carbocycles. The summed E-state index contributed by atoms with van der Waals surface area (Å²) in [6, 6.07) is 7.85. The molecule has 12 heteroatoms. The molecule has 204 valence electrons. The molecule has 0 radical (unpaired) electrons. The van der Waals surface area contributed by atoms with Crippen LogP contribution in [0.3, 0.4) is 0 Å². The Morgan fingerprint density at radius 3 is 2.52 bits per heavy atom. The Labute approximate surface area is 231 Å². The molecule has 40 heavy (non-hydrogen) atoms. The molecular weight excluding hydrogens is 528 g/mol. The molecule has 11 nitrogen and oxygen atoms in total. The summed E-state index contributed by atoms with van der Waals surface area (Å²) < 4.78 is 26.0. The molecule has 1 atom stereocenters. The van der Waals surface area contributed by atoms with Crippen LogP contribution in [0.4, 0.5) is 5.82 Å². The first-order valence-corrected chi connectivity index (χ1v) is 15.0. The van der Waals surface area contributed by atoms with Gasteiger partial charge in [-0.25, -0.2) is 33.3 Å². The summed E-state index contributed by atoms with van der Waals surface area (Å²) >= 11 is 0. The Balaban J connectivity index is 1.37. The zero-order valence-electron chi connectivity index (χ0n) is 22.2. The van der Waals surface area contributed by atoms with Crippen LogP contribution in [-0.2, 0) is 16.4 Å². The van der Waals surface area contributed by atoms with Crippen LogP contribution in [-0.4, -0.2) is 43.7 Å². The van der Waals surface area contributed by atoms with E-state index in [2.05, 4.69) is 25.3 Å². The van der Waals surface area contributed by atoms with Gasteiger partial charge in [0.05, 0.1) is 34.1 Å². The first-order valence-electron chi connectivity index (χ1n) is 13.3. The number of anilines is 1. The van der Waals surface area contributed by atoms with Gasteiger partial charge in [0.1, 0.15) is 17.6 Å². The van der Waals surface area contributed by atoms with E-state index in [1.807, 2.05) is 13.8 Å². The minimum atomic E-state index is -3.64. The second kappa shape index (κ2) is 10.1.